The molecule has 0 radical (unpaired) electrons. The lowest BCUT2D eigenvalue weighted by Gasteiger charge is -2.21. The van der Waals surface area contributed by atoms with Crippen LogP contribution in [-0.4, -0.2) is 64.5 Å². The Morgan fingerprint density at radius 3 is 0.896 bits per heavy atom. The van der Waals surface area contributed by atoms with Crippen LogP contribution >= 0.6 is 0 Å². The van der Waals surface area contributed by atoms with Crippen molar-refractivity contribution in [1.82, 2.24) is 0 Å². The zero-order chi connectivity index (χ0) is 80.3. The van der Waals surface area contributed by atoms with Crippen LogP contribution < -0.4 is 0 Å². The molecule has 20 aliphatic rings. The third-order valence-corrected chi connectivity index (χ3v) is 30.6. The van der Waals surface area contributed by atoms with Crippen LogP contribution in [0, 0.1) is 197 Å². The van der Waals surface area contributed by atoms with Crippen molar-refractivity contribution in [2.24, 2.45) is 178 Å². The number of benzene rings is 2. The summed E-state index contributed by atoms with van der Waals surface area (Å²) in [4.78, 5) is 44.0. The average Bonchev–Trinajstić information content (AvgIpc) is 1.65. The zero-order valence-electron chi connectivity index (χ0n) is 70.8. The molecule has 628 valence electrons. The molecule has 0 saturated heterocycles. The van der Waals surface area contributed by atoms with Gasteiger partial charge in [0.05, 0.1) is 52.3 Å². The summed E-state index contributed by atoms with van der Waals surface area (Å²) in [6, 6.07) is 14.7. The van der Waals surface area contributed by atoms with E-state index in [9.17, 15) is 32.3 Å². The van der Waals surface area contributed by atoms with Gasteiger partial charge in [-0.25, -0.2) is 4.39 Å². The molecule has 0 aromatic heterocycles. The maximum atomic E-state index is 13.4. The minimum Gasteiger partial charge on any atom is -0.469 e. The summed E-state index contributed by atoms with van der Waals surface area (Å²) in [6.07, 6.45) is 70.7. The summed E-state index contributed by atoms with van der Waals surface area (Å²) >= 11 is 0. The van der Waals surface area contributed by atoms with Crippen molar-refractivity contribution in [3.8, 4) is 0 Å². The van der Waals surface area contributed by atoms with Crippen molar-refractivity contribution >= 4 is 23.9 Å². The second-order valence-corrected chi connectivity index (χ2v) is 38.7. The molecule has 13 heteroatoms. The number of fused-ring (bicyclic) bond motifs is 20. The molecule has 22 rings (SSSR count). The smallest absolute Gasteiger partial charge is 0.355 e. The van der Waals surface area contributed by atoms with Crippen molar-refractivity contribution in [3.05, 3.63) is 192 Å². The molecular weight excluding hydrogens is 1450 g/mol. The molecule has 9 nitrogen and oxygen atoms in total. The fourth-order valence-electron chi connectivity index (χ4n) is 23.9. The van der Waals surface area contributed by atoms with E-state index >= 15 is 0 Å². The molecule has 10 fully saturated rings. The van der Waals surface area contributed by atoms with Gasteiger partial charge in [-0.15, -0.1) is 0 Å². The molecule has 0 aliphatic heterocycles. The van der Waals surface area contributed by atoms with E-state index in [2.05, 4.69) is 184 Å². The Morgan fingerprint density at radius 1 is 0.365 bits per heavy atom. The van der Waals surface area contributed by atoms with Gasteiger partial charge < -0.3 is 23.7 Å². The summed E-state index contributed by atoms with van der Waals surface area (Å²) in [5.41, 5.74) is 4.80. The Morgan fingerprint density at radius 2 is 0.652 bits per heavy atom. The highest BCUT2D eigenvalue weighted by Gasteiger charge is 2.45. The van der Waals surface area contributed by atoms with Gasteiger partial charge in [0, 0.05) is 13.3 Å². The van der Waals surface area contributed by atoms with Crippen LogP contribution in [0.1, 0.15) is 192 Å². The third-order valence-electron chi connectivity index (χ3n) is 30.6. The van der Waals surface area contributed by atoms with Crippen LogP contribution in [0.3, 0.4) is 0 Å². The van der Waals surface area contributed by atoms with E-state index in [0.29, 0.717) is 71.7 Å². The number of aryl methyl sites for hydroxylation is 2. The van der Waals surface area contributed by atoms with Crippen LogP contribution in [0.15, 0.2) is 164 Å². The lowest BCUT2D eigenvalue weighted by molar-refractivity contribution is -0.246. The number of hydrogen-bond donors (Lipinski definition) is 0. The largest absolute Gasteiger partial charge is 0.469 e. The zero-order valence-corrected chi connectivity index (χ0v) is 70.8. The molecule has 2 aromatic rings. The Bertz CT molecular complexity index is 3690. The van der Waals surface area contributed by atoms with Gasteiger partial charge in [-0.1, -0.05) is 191 Å². The number of esters is 4. The van der Waals surface area contributed by atoms with Crippen LogP contribution in [0.25, 0.3) is 0 Å². The summed E-state index contributed by atoms with van der Waals surface area (Å²) < 4.78 is 62.8. The second-order valence-electron chi connectivity index (χ2n) is 38.7. The Kier molecular flexibility index (Phi) is 30.8. The number of halogens is 4. The summed E-state index contributed by atoms with van der Waals surface area (Å²) in [5.74, 6) is 20.9. The van der Waals surface area contributed by atoms with E-state index in [1.165, 1.54) is 149 Å². The first-order chi connectivity index (χ1) is 54.9. The van der Waals surface area contributed by atoms with Crippen LogP contribution in [0.2, 0.25) is 0 Å². The fourth-order valence-corrected chi connectivity index (χ4v) is 23.9. The topological polar surface area (TPSA) is 114 Å². The molecule has 2 aromatic carbocycles. The molecule has 0 spiro atoms. The van der Waals surface area contributed by atoms with Crippen LogP contribution in [0.5, 0.6) is 0 Å². The highest BCUT2D eigenvalue weighted by atomic mass is 19.3. The molecule has 20 bridgehead atoms. The molecule has 0 heterocycles. The van der Waals surface area contributed by atoms with E-state index in [1.54, 1.807) is 6.07 Å². The quantitative estimate of drug-likeness (QED) is 0.0837. The average molecular weight is 1580 g/mol. The van der Waals surface area contributed by atoms with Crippen molar-refractivity contribution < 1.29 is 60.7 Å². The van der Waals surface area contributed by atoms with Gasteiger partial charge in [0.15, 0.2) is 0 Å². The minimum atomic E-state index is -2.93. The molecule has 0 N–H and O–H groups in total. The first kappa shape index (κ1) is 87.7. The van der Waals surface area contributed by atoms with Gasteiger partial charge in [-0.2, -0.15) is 8.78 Å². The van der Waals surface area contributed by atoms with Gasteiger partial charge in [0.2, 0.25) is 0 Å². The fraction of sp³-hybridized carbons (Fsp3) is 0.647. The molecule has 0 amide bonds. The molecule has 30 unspecified atom stereocenters. The SMILES string of the molecule is CC(=O)OCC1CC2C=CC1C2.CC1CC2C=CC1C2.CC1CC2C=CC1C2.CC1CC2C=CC1C2.CCC(F)(F)OCC1CC2C=CC1C2.COC(=O)C1CC2C=CC1C2.COC(=O)C1CC2C=CC1C2.COC(=O)C1CC2C=CC1C2.Cc1ccc(CC2CC3C=CC2C3)cc1.Cc1ccc(CC2CC3C=CC2C3)cc1F.F. The Balaban J connectivity index is 0.000000119. The first-order valence-electron chi connectivity index (χ1n) is 44.9. The predicted molar refractivity (Wildman–Crippen MR) is 452 cm³/mol. The molecule has 20 aliphatic carbocycles. The molecular formula is C102H138F4O9. The number of alkyl halides is 2. The van der Waals surface area contributed by atoms with Gasteiger partial charge in [-0.3, -0.25) is 23.9 Å². The number of allylic oxidation sites excluding steroid dienone is 20. The van der Waals surface area contributed by atoms with Gasteiger partial charge >= 0.3 is 30.0 Å². The highest BCUT2D eigenvalue weighted by Crippen LogP contribution is 2.51. The van der Waals surface area contributed by atoms with Crippen molar-refractivity contribution in [1.29, 1.82) is 0 Å². The second kappa shape index (κ2) is 40.4. The summed E-state index contributed by atoms with van der Waals surface area (Å²) in [5, 5.41) is 0. The van der Waals surface area contributed by atoms with Gasteiger partial charge in [0.25, 0.3) is 0 Å². The van der Waals surface area contributed by atoms with Gasteiger partial charge in [0.1, 0.15) is 5.82 Å². The van der Waals surface area contributed by atoms with Crippen LogP contribution in [-0.2, 0) is 55.7 Å². The third kappa shape index (κ3) is 23.3. The Labute approximate surface area is 687 Å². The summed E-state index contributed by atoms with van der Waals surface area (Å²) in [7, 11) is 4.41. The Hall–Kier alpha value is -6.60. The lowest BCUT2D eigenvalue weighted by Crippen LogP contribution is -2.25. The van der Waals surface area contributed by atoms with E-state index in [0.717, 1.165) is 144 Å². The van der Waals surface area contributed by atoms with E-state index in [-0.39, 0.29) is 65.2 Å². The monoisotopic (exact) mass is 1580 g/mol. The number of carbonyl (C=O) groups excluding carboxylic acids is 4. The van der Waals surface area contributed by atoms with E-state index < -0.39 is 6.11 Å². The lowest BCUT2D eigenvalue weighted by atomic mass is 9.87. The molecule has 30 atom stereocenters. The van der Waals surface area contributed by atoms with Gasteiger partial charge in [-0.05, 0) is 338 Å². The number of ether oxygens (including phenoxy) is 5. The van der Waals surface area contributed by atoms with Crippen molar-refractivity contribution in [2.75, 3.05) is 34.5 Å². The number of carbonyl (C=O) groups is 4. The number of methoxy groups -OCH3 is 3. The maximum absolute atomic E-state index is 13.4. The normalized spacial score (nSPS) is 38.8. The van der Waals surface area contributed by atoms with Crippen molar-refractivity contribution in [3.63, 3.8) is 0 Å². The standard InChI is InChI=1S/C15H17F.C15H18.C11H16F2O.C10H14O2.3C9H12O2.3C8H12.FH/c1-10-2-3-12(9-15(10)16)8-14-7-11-4-5-13(14)6-11;1-11-2-4-12(5-3-11)8-15-10-13-6-7-14(15)9-13;1-2-11(12,13)14-7-10-6-8-3-4-9(10)5-8;1-7(11)12-6-10-5-8-2-3-9(10)4-8;3*1-11-9(10)8-5-6-2-3-7(8)4-6;3*1-6-4-7-2-3-8(6)5-7;/h2-5,9,11,13-14H,6-8H2,1H3;2-7,13-15H,8-10H2,1H3;3-4,8-10H,2,5-7H2,1H3;2-3,8-10H,4-6H2,1H3;3*2-3,6-8H,4-5H2,1H3;3*2-3,6-8H,4-5H2,1H3;1H. The van der Waals surface area contributed by atoms with E-state index in [4.69, 9.17) is 18.9 Å². The number of hydrogen-bond acceptors (Lipinski definition) is 9. The highest BCUT2D eigenvalue weighted by molar-refractivity contribution is 5.75. The van der Waals surface area contributed by atoms with Crippen LogP contribution in [0.4, 0.5) is 17.9 Å². The summed E-state index contributed by atoms with van der Waals surface area (Å²) in [6.45, 7) is 14.8. The number of rotatable bonds is 13. The predicted octanol–water partition coefficient (Wildman–Crippen LogP) is 23.5. The molecule has 115 heavy (non-hydrogen) atoms. The van der Waals surface area contributed by atoms with E-state index in [1.807, 2.05) is 13.0 Å². The maximum Gasteiger partial charge on any atom is 0.355 e. The first-order valence-corrected chi connectivity index (χ1v) is 44.9. The minimum absolute atomic E-state index is 0. The van der Waals surface area contributed by atoms with Crippen molar-refractivity contribution in [2.45, 2.75) is 202 Å². The molecule has 10 saturated carbocycles.